The molecule has 0 bridgehead atoms. The Labute approximate surface area is 208 Å². The van der Waals surface area contributed by atoms with E-state index in [-0.39, 0.29) is 11.5 Å². The number of imide groups is 1. The standard InChI is InChI=1S/C21H27Cl4FN4O2/c1-19(2,3)30(20(4,5)6)15(14(22)21(23,24)25)27-16-17(31)28(7)18(32)29(16)13-11-9-8-10-12(13)26/h8-11,14-15H,1-7H3/b27-16+. The van der Waals surface area contributed by atoms with Crippen LogP contribution in [0.15, 0.2) is 29.3 Å². The molecule has 0 aromatic heterocycles. The molecule has 178 valence electrons. The van der Waals surface area contributed by atoms with E-state index in [1.54, 1.807) is 6.07 Å². The number of hydrogen-bond acceptors (Lipinski definition) is 4. The number of urea groups is 1. The Morgan fingerprint density at radius 1 is 1.00 bits per heavy atom. The molecule has 1 saturated heterocycles. The molecule has 1 fully saturated rings. The number of benzene rings is 1. The molecule has 2 unspecified atom stereocenters. The molecule has 1 aromatic rings. The summed E-state index contributed by atoms with van der Waals surface area (Å²) in [5, 5.41) is -1.21. The van der Waals surface area contributed by atoms with Crippen molar-refractivity contribution < 1.29 is 14.0 Å². The molecule has 1 aromatic carbocycles. The maximum Gasteiger partial charge on any atom is 0.337 e. The van der Waals surface area contributed by atoms with Crippen molar-refractivity contribution in [1.82, 2.24) is 9.80 Å². The number of likely N-dealkylation sites (N-methyl/N-ethyl adjacent to an activating group) is 1. The predicted molar refractivity (Wildman–Crippen MR) is 130 cm³/mol. The maximum atomic E-state index is 14.6. The molecule has 3 amide bonds. The summed E-state index contributed by atoms with van der Waals surface area (Å²) in [6.07, 6.45) is -1.06. The van der Waals surface area contributed by atoms with E-state index < -0.39 is 44.2 Å². The van der Waals surface area contributed by atoms with Gasteiger partial charge in [-0.25, -0.2) is 19.1 Å². The van der Waals surface area contributed by atoms with Crippen molar-refractivity contribution in [2.45, 2.75) is 68.0 Å². The summed E-state index contributed by atoms with van der Waals surface area (Å²) in [5.74, 6) is -1.73. The monoisotopic (exact) mass is 526 g/mol. The van der Waals surface area contributed by atoms with Gasteiger partial charge in [0.25, 0.3) is 5.91 Å². The lowest BCUT2D eigenvalue weighted by Crippen LogP contribution is -2.61. The Balaban J connectivity index is 2.79. The van der Waals surface area contributed by atoms with Crippen molar-refractivity contribution in [2.24, 2.45) is 4.99 Å². The number of amides is 3. The first-order valence-electron chi connectivity index (χ1n) is 9.83. The fraction of sp³-hybridized carbons (Fsp3) is 0.571. The molecule has 0 spiro atoms. The van der Waals surface area contributed by atoms with E-state index in [0.717, 1.165) is 9.80 Å². The predicted octanol–water partition coefficient (Wildman–Crippen LogP) is 5.83. The summed E-state index contributed by atoms with van der Waals surface area (Å²) in [6.45, 7) is 11.6. The molecule has 2 atom stereocenters. The second-order valence-corrected chi connectivity index (χ2v) is 12.3. The number of alkyl halides is 4. The quantitative estimate of drug-likeness (QED) is 0.366. The van der Waals surface area contributed by atoms with Gasteiger partial charge >= 0.3 is 6.03 Å². The first-order chi connectivity index (χ1) is 14.4. The lowest BCUT2D eigenvalue weighted by molar-refractivity contribution is -0.119. The minimum atomic E-state index is -1.95. The number of carbonyl (C=O) groups is 2. The average molecular weight is 528 g/mol. The van der Waals surface area contributed by atoms with Gasteiger partial charge in [0.2, 0.25) is 9.63 Å². The number of para-hydroxylation sites is 1. The second kappa shape index (κ2) is 9.26. The fourth-order valence-corrected chi connectivity index (χ4v) is 4.39. The zero-order valence-electron chi connectivity index (χ0n) is 19.0. The fourth-order valence-electron chi connectivity index (χ4n) is 3.88. The van der Waals surface area contributed by atoms with Crippen molar-refractivity contribution in [1.29, 1.82) is 0 Å². The number of anilines is 1. The molecule has 0 radical (unpaired) electrons. The molecule has 11 heteroatoms. The topological polar surface area (TPSA) is 56.2 Å². The summed E-state index contributed by atoms with van der Waals surface area (Å²) in [7, 11) is 1.29. The van der Waals surface area contributed by atoms with Crippen LogP contribution < -0.4 is 4.90 Å². The van der Waals surface area contributed by atoms with Crippen molar-refractivity contribution >= 4 is 69.9 Å². The van der Waals surface area contributed by atoms with Gasteiger partial charge in [-0.3, -0.25) is 14.6 Å². The number of nitrogens with zero attached hydrogens (tertiary/aromatic N) is 4. The lowest BCUT2D eigenvalue weighted by atomic mass is 9.94. The van der Waals surface area contributed by atoms with Crippen LogP contribution in [0.3, 0.4) is 0 Å². The van der Waals surface area contributed by atoms with Crippen LogP contribution in [-0.2, 0) is 4.79 Å². The van der Waals surface area contributed by atoms with Gasteiger partial charge in [0, 0.05) is 18.1 Å². The van der Waals surface area contributed by atoms with Crippen LogP contribution in [0.1, 0.15) is 41.5 Å². The van der Waals surface area contributed by atoms with Gasteiger partial charge in [0.05, 0.1) is 5.69 Å². The molecule has 1 aliphatic rings. The minimum Gasteiger partial charge on any atom is -0.271 e. The van der Waals surface area contributed by atoms with Gasteiger partial charge in [0.1, 0.15) is 17.4 Å². The van der Waals surface area contributed by atoms with Crippen LogP contribution >= 0.6 is 46.4 Å². The Kier molecular flexibility index (Phi) is 7.85. The van der Waals surface area contributed by atoms with Crippen LogP contribution in [0.5, 0.6) is 0 Å². The van der Waals surface area contributed by atoms with Crippen LogP contribution in [0, 0.1) is 5.82 Å². The van der Waals surface area contributed by atoms with Gasteiger partial charge in [-0.1, -0.05) is 46.9 Å². The number of rotatable bonds is 4. The van der Waals surface area contributed by atoms with Crippen molar-refractivity contribution in [3.8, 4) is 0 Å². The van der Waals surface area contributed by atoms with E-state index in [1.807, 2.05) is 46.4 Å². The Bertz CT molecular complexity index is 908. The van der Waals surface area contributed by atoms with Crippen molar-refractivity contribution in [2.75, 3.05) is 11.9 Å². The SMILES string of the molecule is CN1C(=O)/C(=N\C(C(Cl)C(Cl)(Cl)Cl)N(C(C)(C)C)C(C)(C)C)N(c2ccccc2F)C1=O. The summed E-state index contributed by atoms with van der Waals surface area (Å²) in [4.78, 5) is 34.1. The van der Waals surface area contributed by atoms with Gasteiger partial charge in [-0.05, 0) is 53.7 Å². The highest BCUT2D eigenvalue weighted by Crippen LogP contribution is 2.41. The van der Waals surface area contributed by atoms with Crippen molar-refractivity contribution in [3.63, 3.8) is 0 Å². The summed E-state index contributed by atoms with van der Waals surface area (Å²) < 4.78 is 12.6. The number of amidine groups is 1. The Morgan fingerprint density at radius 3 is 1.94 bits per heavy atom. The maximum absolute atomic E-state index is 14.6. The number of aliphatic imine (C=N–C) groups is 1. The third-order valence-corrected chi connectivity index (χ3v) is 6.41. The zero-order chi connectivity index (χ0) is 24.8. The highest BCUT2D eigenvalue weighted by molar-refractivity contribution is 6.70. The van der Waals surface area contributed by atoms with E-state index in [2.05, 4.69) is 4.99 Å². The molecule has 2 rings (SSSR count). The molecule has 32 heavy (non-hydrogen) atoms. The summed E-state index contributed by atoms with van der Waals surface area (Å²) >= 11 is 25.0. The van der Waals surface area contributed by atoms with Crippen LogP contribution in [0.4, 0.5) is 14.9 Å². The number of carbonyl (C=O) groups excluding carboxylic acids is 2. The van der Waals surface area contributed by atoms with E-state index in [4.69, 9.17) is 46.4 Å². The molecule has 0 aliphatic carbocycles. The average Bonchev–Trinajstić information content (AvgIpc) is 2.82. The van der Waals surface area contributed by atoms with Gasteiger partial charge in [0.15, 0.2) is 0 Å². The largest absolute Gasteiger partial charge is 0.337 e. The highest BCUT2D eigenvalue weighted by atomic mass is 35.6. The normalized spacial score (nSPS) is 19.3. The molecule has 1 heterocycles. The van der Waals surface area contributed by atoms with Crippen LogP contribution in [-0.4, -0.2) is 61.0 Å². The van der Waals surface area contributed by atoms with E-state index in [1.165, 1.54) is 25.2 Å². The second-order valence-electron chi connectivity index (χ2n) is 9.45. The summed E-state index contributed by atoms with van der Waals surface area (Å²) in [6, 6.07) is 4.83. The highest BCUT2D eigenvalue weighted by Gasteiger charge is 2.49. The molecule has 6 nitrogen and oxygen atoms in total. The van der Waals surface area contributed by atoms with E-state index in [0.29, 0.717) is 0 Å². The smallest absolute Gasteiger partial charge is 0.271 e. The molecule has 0 saturated carbocycles. The van der Waals surface area contributed by atoms with Crippen LogP contribution in [0.2, 0.25) is 0 Å². The third-order valence-electron chi connectivity index (χ3n) is 4.82. The van der Waals surface area contributed by atoms with E-state index >= 15 is 0 Å². The first kappa shape index (κ1) is 27.1. The minimum absolute atomic E-state index is 0.120. The Morgan fingerprint density at radius 2 is 1.50 bits per heavy atom. The summed E-state index contributed by atoms with van der Waals surface area (Å²) in [5.41, 5.74) is -1.21. The van der Waals surface area contributed by atoms with E-state index in [9.17, 15) is 14.0 Å². The molecule has 1 aliphatic heterocycles. The van der Waals surface area contributed by atoms with Gasteiger partial charge in [-0.2, -0.15) is 0 Å². The zero-order valence-corrected chi connectivity index (χ0v) is 22.0. The molecular weight excluding hydrogens is 501 g/mol. The van der Waals surface area contributed by atoms with Crippen molar-refractivity contribution in [3.05, 3.63) is 30.1 Å². The lowest BCUT2D eigenvalue weighted by Gasteiger charge is -2.50. The first-order valence-corrected chi connectivity index (χ1v) is 11.4. The molecule has 0 N–H and O–H groups in total. The number of hydrogen-bond donors (Lipinski definition) is 0. The molecular formula is C21H27Cl4FN4O2. The van der Waals surface area contributed by atoms with Crippen LogP contribution in [0.25, 0.3) is 0 Å². The number of halogens is 5. The van der Waals surface area contributed by atoms with Gasteiger partial charge in [-0.15, -0.1) is 11.6 Å². The Hall–Kier alpha value is -1.12. The van der Waals surface area contributed by atoms with Gasteiger partial charge < -0.3 is 0 Å². The third kappa shape index (κ3) is 5.50.